The lowest BCUT2D eigenvalue weighted by atomic mass is 10.2. The Morgan fingerprint density at radius 1 is 1.21 bits per heavy atom. The molecule has 1 heterocycles. The van der Waals surface area contributed by atoms with Crippen LogP contribution in [0.2, 0.25) is 0 Å². The van der Waals surface area contributed by atoms with Gasteiger partial charge in [0.05, 0.1) is 12.8 Å². The first kappa shape index (κ1) is 15.7. The number of halogens is 1. The molecule has 2 aromatic carbocycles. The van der Waals surface area contributed by atoms with E-state index in [2.05, 4.69) is 15.8 Å². The number of anilines is 1. The lowest BCUT2D eigenvalue weighted by molar-refractivity contribution is -0.119. The second kappa shape index (κ2) is 6.95. The second-order valence-electron chi connectivity index (χ2n) is 5.37. The zero-order valence-electron chi connectivity index (χ0n) is 13.2. The highest BCUT2D eigenvalue weighted by molar-refractivity contribution is 5.99. The van der Waals surface area contributed by atoms with Crippen LogP contribution in [0.15, 0.2) is 59.8 Å². The highest BCUT2D eigenvalue weighted by atomic mass is 19.1. The lowest BCUT2D eigenvalue weighted by Crippen LogP contribution is -2.25. The Morgan fingerprint density at radius 2 is 1.96 bits per heavy atom. The van der Waals surface area contributed by atoms with Crippen LogP contribution in [0.1, 0.15) is 5.56 Å². The van der Waals surface area contributed by atoms with E-state index in [4.69, 9.17) is 0 Å². The van der Waals surface area contributed by atoms with Crippen molar-refractivity contribution in [1.29, 1.82) is 0 Å². The highest BCUT2D eigenvalue weighted by Gasteiger charge is 2.04. The summed E-state index contributed by atoms with van der Waals surface area (Å²) in [5.41, 5.74) is 5.17. The zero-order chi connectivity index (χ0) is 16.9. The third kappa shape index (κ3) is 3.60. The summed E-state index contributed by atoms with van der Waals surface area (Å²) in [5.74, 6) is -0.597. The molecule has 122 valence electrons. The molecular weight excluding hydrogens is 307 g/mol. The van der Waals surface area contributed by atoms with Crippen molar-refractivity contribution in [3.8, 4) is 0 Å². The standard InChI is InChI=1S/C18H17FN4O/c1-23-12-13(16-4-2-3-5-17(16)23)10-21-22-18(24)11-20-15-8-6-14(19)7-9-15/h2-10,12,20H,11H2,1H3,(H,22,24)/b21-10-. The van der Waals surface area contributed by atoms with Gasteiger partial charge in [-0.25, -0.2) is 9.82 Å². The molecule has 0 aliphatic carbocycles. The first-order chi connectivity index (χ1) is 11.6. The van der Waals surface area contributed by atoms with Gasteiger partial charge in [0, 0.05) is 35.4 Å². The number of rotatable bonds is 5. The van der Waals surface area contributed by atoms with Gasteiger partial charge in [-0.2, -0.15) is 5.10 Å². The van der Waals surface area contributed by atoms with Gasteiger partial charge in [0.25, 0.3) is 5.91 Å². The smallest absolute Gasteiger partial charge is 0.259 e. The van der Waals surface area contributed by atoms with Gasteiger partial charge in [0.15, 0.2) is 0 Å². The molecular formula is C18H17FN4O. The van der Waals surface area contributed by atoms with E-state index in [0.717, 1.165) is 16.5 Å². The monoisotopic (exact) mass is 324 g/mol. The normalized spacial score (nSPS) is 11.1. The topological polar surface area (TPSA) is 58.4 Å². The van der Waals surface area contributed by atoms with E-state index in [1.54, 1.807) is 18.3 Å². The van der Waals surface area contributed by atoms with E-state index in [9.17, 15) is 9.18 Å². The second-order valence-corrected chi connectivity index (χ2v) is 5.37. The van der Waals surface area contributed by atoms with Crippen LogP contribution in [0.4, 0.5) is 10.1 Å². The summed E-state index contributed by atoms with van der Waals surface area (Å²) in [6.45, 7) is 0.0541. The van der Waals surface area contributed by atoms with Crippen molar-refractivity contribution in [1.82, 2.24) is 9.99 Å². The molecule has 1 amide bonds. The fourth-order valence-corrected chi connectivity index (χ4v) is 2.44. The summed E-state index contributed by atoms with van der Waals surface area (Å²) in [6, 6.07) is 13.8. The van der Waals surface area contributed by atoms with Crippen LogP contribution in [0.3, 0.4) is 0 Å². The number of hydrogen-bond acceptors (Lipinski definition) is 3. The predicted molar refractivity (Wildman–Crippen MR) is 93.5 cm³/mol. The van der Waals surface area contributed by atoms with Crippen molar-refractivity contribution >= 4 is 28.7 Å². The van der Waals surface area contributed by atoms with Gasteiger partial charge in [-0.05, 0) is 30.3 Å². The summed E-state index contributed by atoms with van der Waals surface area (Å²) in [6.07, 6.45) is 3.58. The fraction of sp³-hybridized carbons (Fsp3) is 0.111. The quantitative estimate of drug-likeness (QED) is 0.560. The van der Waals surface area contributed by atoms with Gasteiger partial charge < -0.3 is 9.88 Å². The molecule has 5 nitrogen and oxygen atoms in total. The molecule has 0 spiro atoms. The van der Waals surface area contributed by atoms with E-state index in [1.165, 1.54) is 12.1 Å². The summed E-state index contributed by atoms with van der Waals surface area (Å²) in [5, 5.41) is 7.96. The first-order valence-corrected chi connectivity index (χ1v) is 7.49. The third-order valence-electron chi connectivity index (χ3n) is 3.62. The van der Waals surface area contributed by atoms with Crippen molar-refractivity contribution < 1.29 is 9.18 Å². The third-order valence-corrected chi connectivity index (χ3v) is 3.62. The van der Waals surface area contributed by atoms with Gasteiger partial charge >= 0.3 is 0 Å². The number of nitrogens with zero attached hydrogens (tertiary/aromatic N) is 2. The van der Waals surface area contributed by atoms with Crippen LogP contribution < -0.4 is 10.7 Å². The average molecular weight is 324 g/mol. The Balaban J connectivity index is 1.57. The Kier molecular flexibility index (Phi) is 4.56. The van der Waals surface area contributed by atoms with Crippen LogP contribution in [-0.4, -0.2) is 23.2 Å². The maximum Gasteiger partial charge on any atom is 0.259 e. The predicted octanol–water partition coefficient (Wildman–Crippen LogP) is 2.88. The Hall–Kier alpha value is -3.15. The van der Waals surface area contributed by atoms with Crippen LogP contribution >= 0.6 is 0 Å². The van der Waals surface area contributed by atoms with E-state index in [1.807, 2.05) is 42.1 Å². The highest BCUT2D eigenvalue weighted by Crippen LogP contribution is 2.18. The summed E-state index contributed by atoms with van der Waals surface area (Å²) >= 11 is 0. The number of carbonyl (C=O) groups excluding carboxylic acids is 1. The number of hydrogen-bond donors (Lipinski definition) is 2. The molecule has 0 saturated carbocycles. The number of aromatic nitrogens is 1. The van der Waals surface area contributed by atoms with E-state index < -0.39 is 0 Å². The van der Waals surface area contributed by atoms with Crippen LogP contribution in [0, 0.1) is 5.82 Å². The maximum atomic E-state index is 12.8. The summed E-state index contributed by atoms with van der Waals surface area (Å²) in [4.78, 5) is 11.8. The molecule has 0 saturated heterocycles. The molecule has 1 aromatic heterocycles. The molecule has 0 aliphatic heterocycles. The molecule has 2 N–H and O–H groups in total. The van der Waals surface area contributed by atoms with Crippen molar-refractivity contribution in [2.75, 3.05) is 11.9 Å². The molecule has 0 atom stereocenters. The van der Waals surface area contributed by atoms with Gasteiger partial charge in [-0.15, -0.1) is 0 Å². The molecule has 0 fully saturated rings. The van der Waals surface area contributed by atoms with Gasteiger partial charge in [-0.3, -0.25) is 4.79 Å². The molecule has 6 heteroatoms. The number of nitrogens with one attached hydrogen (secondary N) is 2. The number of amides is 1. The Bertz CT molecular complexity index is 884. The molecule has 0 bridgehead atoms. The minimum absolute atomic E-state index is 0.0541. The number of fused-ring (bicyclic) bond motifs is 1. The number of para-hydroxylation sites is 1. The summed E-state index contributed by atoms with van der Waals surface area (Å²) in [7, 11) is 1.96. The number of hydrazone groups is 1. The first-order valence-electron chi connectivity index (χ1n) is 7.49. The average Bonchev–Trinajstić information content (AvgIpc) is 2.91. The van der Waals surface area contributed by atoms with E-state index in [-0.39, 0.29) is 18.3 Å². The fourth-order valence-electron chi connectivity index (χ4n) is 2.44. The largest absolute Gasteiger partial charge is 0.376 e. The Labute approximate surface area is 138 Å². The zero-order valence-corrected chi connectivity index (χ0v) is 13.2. The minimum atomic E-state index is -0.315. The van der Waals surface area contributed by atoms with Crippen molar-refractivity contribution in [2.24, 2.45) is 12.1 Å². The summed E-state index contributed by atoms with van der Waals surface area (Å²) < 4.78 is 14.8. The number of aryl methyl sites for hydroxylation is 1. The molecule has 0 radical (unpaired) electrons. The molecule has 3 rings (SSSR count). The van der Waals surface area contributed by atoms with E-state index in [0.29, 0.717) is 5.69 Å². The van der Waals surface area contributed by atoms with Gasteiger partial charge in [0.1, 0.15) is 5.82 Å². The Morgan fingerprint density at radius 3 is 2.75 bits per heavy atom. The van der Waals surface area contributed by atoms with Gasteiger partial charge in [-0.1, -0.05) is 18.2 Å². The van der Waals surface area contributed by atoms with Crippen molar-refractivity contribution in [3.05, 3.63) is 66.1 Å². The number of benzene rings is 2. The SMILES string of the molecule is Cn1cc(/C=N\NC(=O)CNc2ccc(F)cc2)c2ccccc21. The van der Waals surface area contributed by atoms with Crippen LogP contribution in [0.5, 0.6) is 0 Å². The van der Waals surface area contributed by atoms with Crippen molar-refractivity contribution in [2.45, 2.75) is 0 Å². The molecule has 3 aromatic rings. The van der Waals surface area contributed by atoms with Crippen LogP contribution in [-0.2, 0) is 11.8 Å². The van der Waals surface area contributed by atoms with E-state index >= 15 is 0 Å². The van der Waals surface area contributed by atoms with Crippen LogP contribution in [0.25, 0.3) is 10.9 Å². The molecule has 0 aliphatic rings. The molecule has 24 heavy (non-hydrogen) atoms. The maximum absolute atomic E-state index is 12.8. The minimum Gasteiger partial charge on any atom is -0.376 e. The molecule has 0 unspecified atom stereocenters. The lowest BCUT2D eigenvalue weighted by Gasteiger charge is -2.04. The van der Waals surface area contributed by atoms with Gasteiger partial charge in [0.2, 0.25) is 0 Å². The number of carbonyl (C=O) groups is 1. The van der Waals surface area contributed by atoms with Crippen molar-refractivity contribution in [3.63, 3.8) is 0 Å².